The summed E-state index contributed by atoms with van der Waals surface area (Å²) in [5.41, 5.74) is 3.45. The molecule has 0 saturated heterocycles. The van der Waals surface area contributed by atoms with Crippen molar-refractivity contribution in [3.8, 4) is 5.75 Å². The van der Waals surface area contributed by atoms with Crippen LogP contribution in [0.5, 0.6) is 5.75 Å². The minimum Gasteiger partial charge on any atom is -0.461 e. The normalized spacial score (nSPS) is 20.3. The minimum atomic E-state index is -0.247. The number of carbonyl (C=O) groups excluding carboxylic acids is 2. The number of ketones is 2. The van der Waals surface area contributed by atoms with E-state index in [1.165, 1.54) is 5.56 Å². The molecule has 3 nitrogen and oxygen atoms in total. The van der Waals surface area contributed by atoms with Crippen molar-refractivity contribution in [3.05, 3.63) is 76.6 Å². The number of ether oxygens (including phenoxy) is 1. The molecule has 2 aliphatic rings. The molecule has 0 N–H and O–H groups in total. The molecule has 1 aliphatic heterocycles. The van der Waals surface area contributed by atoms with Crippen molar-refractivity contribution in [1.82, 2.24) is 0 Å². The lowest BCUT2D eigenvalue weighted by Crippen LogP contribution is -2.33. The number of Topliss-reactive ketones (excluding diaryl/α,β-unsaturated/α-hetero) is 2. The van der Waals surface area contributed by atoms with Gasteiger partial charge in [-0.2, -0.15) is 0 Å². The van der Waals surface area contributed by atoms with Gasteiger partial charge in [-0.25, -0.2) is 0 Å². The summed E-state index contributed by atoms with van der Waals surface area (Å²) in [5.74, 6) is 1.43. The van der Waals surface area contributed by atoms with E-state index in [4.69, 9.17) is 4.74 Å². The Kier molecular flexibility index (Phi) is 4.96. The number of hydrogen-bond acceptors (Lipinski definition) is 3. The third kappa shape index (κ3) is 3.86. The molecule has 0 amide bonds. The molecule has 0 fully saturated rings. The Bertz CT molecular complexity index is 1030. The summed E-state index contributed by atoms with van der Waals surface area (Å²) in [6.07, 6.45) is 1.48. The zero-order valence-corrected chi connectivity index (χ0v) is 18.5. The van der Waals surface area contributed by atoms with Crippen LogP contribution in [-0.2, 0) is 10.2 Å². The molecule has 1 atom stereocenters. The molecule has 2 aromatic rings. The van der Waals surface area contributed by atoms with Crippen molar-refractivity contribution in [2.24, 2.45) is 5.41 Å². The van der Waals surface area contributed by atoms with Crippen molar-refractivity contribution in [2.75, 3.05) is 0 Å². The van der Waals surface area contributed by atoms with Crippen LogP contribution in [0.15, 0.2) is 59.9 Å². The van der Waals surface area contributed by atoms with Gasteiger partial charge in [-0.15, -0.1) is 0 Å². The second kappa shape index (κ2) is 7.23. The maximum atomic E-state index is 13.2. The Labute approximate surface area is 179 Å². The number of allylic oxidation sites excluding steroid dienone is 2. The molecule has 0 spiro atoms. The van der Waals surface area contributed by atoms with E-state index in [1.807, 2.05) is 48.5 Å². The average Bonchev–Trinajstić information content (AvgIpc) is 2.66. The van der Waals surface area contributed by atoms with E-state index in [-0.39, 0.29) is 34.7 Å². The minimum absolute atomic E-state index is 0.0439. The largest absolute Gasteiger partial charge is 0.461 e. The highest BCUT2D eigenvalue weighted by Crippen LogP contribution is 2.49. The smallest absolute Gasteiger partial charge is 0.163 e. The van der Waals surface area contributed by atoms with Crippen LogP contribution >= 0.6 is 0 Å². The van der Waals surface area contributed by atoms with Gasteiger partial charge in [-0.3, -0.25) is 9.59 Å². The highest BCUT2D eigenvalue weighted by molar-refractivity contribution is 6.02. The van der Waals surface area contributed by atoms with Crippen LogP contribution in [0, 0.1) is 5.41 Å². The Morgan fingerprint density at radius 3 is 2.37 bits per heavy atom. The molecule has 2 aromatic carbocycles. The van der Waals surface area contributed by atoms with Gasteiger partial charge in [0.2, 0.25) is 0 Å². The monoisotopic (exact) mass is 402 g/mol. The van der Waals surface area contributed by atoms with E-state index < -0.39 is 0 Å². The fourth-order valence-electron chi connectivity index (χ4n) is 4.58. The molecular weight excluding hydrogens is 372 g/mol. The number of rotatable bonds is 3. The maximum absolute atomic E-state index is 13.2. The predicted octanol–water partition coefficient (Wildman–Crippen LogP) is 6.38. The number of hydrogen-bond donors (Lipinski definition) is 0. The summed E-state index contributed by atoms with van der Waals surface area (Å²) in [5, 5.41) is 0. The first-order valence-corrected chi connectivity index (χ1v) is 10.7. The lowest BCUT2D eigenvalue weighted by molar-refractivity contribution is -0.118. The molecule has 0 saturated carbocycles. The van der Waals surface area contributed by atoms with Gasteiger partial charge in [0.15, 0.2) is 11.6 Å². The highest BCUT2D eigenvalue weighted by atomic mass is 16.5. The molecule has 0 radical (unpaired) electrons. The van der Waals surface area contributed by atoms with E-state index in [0.717, 1.165) is 17.1 Å². The van der Waals surface area contributed by atoms with Crippen LogP contribution in [0.2, 0.25) is 0 Å². The van der Waals surface area contributed by atoms with Gasteiger partial charge < -0.3 is 4.74 Å². The molecule has 0 aromatic heterocycles. The van der Waals surface area contributed by atoms with Crippen molar-refractivity contribution in [2.45, 2.75) is 65.2 Å². The van der Waals surface area contributed by atoms with Gasteiger partial charge in [-0.05, 0) is 22.5 Å². The Balaban J connectivity index is 1.68. The van der Waals surface area contributed by atoms with Crippen LogP contribution in [0.4, 0.5) is 0 Å². The number of benzene rings is 2. The van der Waals surface area contributed by atoms with Gasteiger partial charge in [0.25, 0.3) is 0 Å². The van der Waals surface area contributed by atoms with Gasteiger partial charge in [0.05, 0.1) is 0 Å². The third-order valence-corrected chi connectivity index (χ3v) is 6.22. The zero-order valence-electron chi connectivity index (χ0n) is 18.5. The fraction of sp³-hybridized carbons (Fsp3) is 0.407. The van der Waals surface area contributed by atoms with Gasteiger partial charge >= 0.3 is 0 Å². The van der Waals surface area contributed by atoms with Gasteiger partial charge in [0, 0.05) is 41.9 Å². The predicted molar refractivity (Wildman–Crippen MR) is 119 cm³/mol. The van der Waals surface area contributed by atoms with Crippen molar-refractivity contribution in [1.29, 1.82) is 0 Å². The molecule has 0 bridgehead atoms. The summed E-state index contributed by atoms with van der Waals surface area (Å²) in [7, 11) is 0. The van der Waals surface area contributed by atoms with E-state index in [1.54, 1.807) is 0 Å². The standard InChI is InChI=1S/C27H30O3/c1-26(2,3)18-12-10-17(11-13-18)21(28)14-20-19-8-6-7-9-23(19)30-24-16-27(4,5)15-22(29)25(20)24/h6-13,20H,14-16H2,1-5H3. The summed E-state index contributed by atoms with van der Waals surface area (Å²) < 4.78 is 6.16. The third-order valence-electron chi connectivity index (χ3n) is 6.22. The van der Waals surface area contributed by atoms with Crippen LogP contribution in [0.25, 0.3) is 0 Å². The Morgan fingerprint density at radius 1 is 1.03 bits per heavy atom. The first kappa shape index (κ1) is 20.6. The van der Waals surface area contributed by atoms with E-state index in [9.17, 15) is 9.59 Å². The molecule has 1 unspecified atom stereocenters. The molecule has 4 rings (SSSR count). The van der Waals surface area contributed by atoms with Crippen molar-refractivity contribution in [3.63, 3.8) is 0 Å². The van der Waals surface area contributed by atoms with Crippen LogP contribution < -0.4 is 4.74 Å². The van der Waals surface area contributed by atoms with Crippen LogP contribution in [0.3, 0.4) is 0 Å². The molecule has 30 heavy (non-hydrogen) atoms. The summed E-state index contributed by atoms with van der Waals surface area (Å²) >= 11 is 0. The van der Waals surface area contributed by atoms with E-state index >= 15 is 0 Å². The first-order chi connectivity index (χ1) is 14.0. The first-order valence-electron chi connectivity index (χ1n) is 10.7. The summed E-state index contributed by atoms with van der Waals surface area (Å²) in [6, 6.07) is 15.7. The lowest BCUT2D eigenvalue weighted by atomic mass is 9.70. The molecule has 156 valence electrons. The quantitative estimate of drug-likeness (QED) is 0.560. The maximum Gasteiger partial charge on any atom is 0.163 e. The Hall–Kier alpha value is -2.68. The van der Waals surface area contributed by atoms with Crippen LogP contribution in [0.1, 0.15) is 81.3 Å². The van der Waals surface area contributed by atoms with Crippen LogP contribution in [-0.4, -0.2) is 11.6 Å². The average molecular weight is 403 g/mol. The summed E-state index contributed by atoms with van der Waals surface area (Å²) in [6.45, 7) is 10.7. The van der Waals surface area contributed by atoms with Gasteiger partial charge in [-0.1, -0.05) is 77.1 Å². The van der Waals surface area contributed by atoms with Gasteiger partial charge in [0.1, 0.15) is 11.5 Å². The molecule has 1 heterocycles. The number of carbonyl (C=O) groups is 2. The van der Waals surface area contributed by atoms with E-state index in [0.29, 0.717) is 24.0 Å². The SMILES string of the molecule is CC1(C)CC(=O)C2=C(C1)Oc1ccccc1C2CC(=O)c1ccc(C(C)(C)C)cc1. The fourth-order valence-corrected chi connectivity index (χ4v) is 4.58. The summed E-state index contributed by atoms with van der Waals surface area (Å²) in [4.78, 5) is 26.3. The number of para-hydroxylation sites is 1. The number of fused-ring (bicyclic) bond motifs is 1. The molecule has 1 aliphatic carbocycles. The molecule has 3 heteroatoms. The topological polar surface area (TPSA) is 43.4 Å². The zero-order chi connectivity index (χ0) is 21.7. The van der Waals surface area contributed by atoms with Crippen molar-refractivity contribution >= 4 is 11.6 Å². The Morgan fingerprint density at radius 2 is 1.70 bits per heavy atom. The molecular formula is C27H30O3. The van der Waals surface area contributed by atoms with Crippen molar-refractivity contribution < 1.29 is 14.3 Å². The van der Waals surface area contributed by atoms with E-state index in [2.05, 4.69) is 34.6 Å². The lowest BCUT2D eigenvalue weighted by Gasteiger charge is -2.38. The second-order valence-corrected chi connectivity index (χ2v) is 10.4. The second-order valence-electron chi connectivity index (χ2n) is 10.4. The highest BCUT2D eigenvalue weighted by Gasteiger charge is 2.41.